The fraction of sp³-hybridized carbons (Fsp3) is 0.500. The number of para-hydroxylation sites is 2. The number of carbonyl (C=O) groups excluding carboxylic acids is 1. The highest BCUT2D eigenvalue weighted by Crippen LogP contribution is 2.20. The summed E-state index contributed by atoms with van der Waals surface area (Å²) in [6, 6.07) is 7.67. The quantitative estimate of drug-likeness (QED) is 0.817. The molecule has 1 fully saturated rings. The van der Waals surface area contributed by atoms with Crippen molar-refractivity contribution in [2.24, 2.45) is 0 Å². The number of amides is 1. The minimum Gasteiger partial charge on any atom is -0.482 e. The molecule has 0 bridgehead atoms. The van der Waals surface area contributed by atoms with Crippen LogP contribution in [0.2, 0.25) is 0 Å². The summed E-state index contributed by atoms with van der Waals surface area (Å²) < 4.78 is 5.48. The van der Waals surface area contributed by atoms with Crippen LogP contribution in [0.3, 0.4) is 0 Å². The normalized spacial score (nSPS) is 18.9. The first kappa shape index (κ1) is 13.7. The van der Waals surface area contributed by atoms with Crippen LogP contribution in [0.4, 0.5) is 5.69 Å². The van der Waals surface area contributed by atoms with Gasteiger partial charge in [0.25, 0.3) is 5.91 Å². The number of nitrogens with two attached hydrogens (primary N) is 1. The first-order valence-electron chi connectivity index (χ1n) is 6.49. The number of rotatable bonds is 4. The first-order valence-corrected chi connectivity index (χ1v) is 6.49. The summed E-state index contributed by atoms with van der Waals surface area (Å²) in [5, 5.41) is 0. The zero-order valence-corrected chi connectivity index (χ0v) is 11.5. The number of nitrogen functional groups attached to an aromatic ring is 1. The lowest BCUT2D eigenvalue weighted by atomic mass is 10.2. The minimum absolute atomic E-state index is 0.0209. The lowest BCUT2D eigenvalue weighted by Gasteiger charge is -2.20. The number of anilines is 1. The number of hydrogen-bond donors (Lipinski definition) is 1. The van der Waals surface area contributed by atoms with Crippen LogP contribution in [0.25, 0.3) is 0 Å². The molecular weight excluding hydrogens is 242 g/mol. The molecule has 1 atom stereocenters. The van der Waals surface area contributed by atoms with Crippen molar-refractivity contribution < 1.29 is 9.53 Å². The molecule has 0 saturated carbocycles. The van der Waals surface area contributed by atoms with Crippen molar-refractivity contribution >= 4 is 11.6 Å². The first-order chi connectivity index (χ1) is 9.08. The van der Waals surface area contributed by atoms with Crippen molar-refractivity contribution in [3.63, 3.8) is 0 Å². The van der Waals surface area contributed by atoms with Crippen LogP contribution >= 0.6 is 0 Å². The second kappa shape index (κ2) is 5.93. The van der Waals surface area contributed by atoms with E-state index in [2.05, 4.69) is 4.90 Å². The molecule has 19 heavy (non-hydrogen) atoms. The monoisotopic (exact) mass is 263 g/mol. The lowest BCUT2D eigenvalue weighted by molar-refractivity contribution is -0.132. The van der Waals surface area contributed by atoms with Gasteiger partial charge in [-0.3, -0.25) is 4.79 Å². The van der Waals surface area contributed by atoms with Crippen molar-refractivity contribution in [2.75, 3.05) is 39.5 Å². The third-order valence-electron chi connectivity index (χ3n) is 3.52. The van der Waals surface area contributed by atoms with Gasteiger partial charge in [0.2, 0.25) is 0 Å². The smallest absolute Gasteiger partial charge is 0.260 e. The number of nitrogens with zero attached hydrogens (tertiary/aromatic N) is 2. The van der Waals surface area contributed by atoms with Crippen molar-refractivity contribution in [3.05, 3.63) is 24.3 Å². The molecule has 0 aromatic heterocycles. The molecule has 104 valence electrons. The molecule has 1 unspecified atom stereocenters. The van der Waals surface area contributed by atoms with E-state index < -0.39 is 0 Å². The van der Waals surface area contributed by atoms with Crippen molar-refractivity contribution in [1.82, 2.24) is 9.80 Å². The van der Waals surface area contributed by atoms with Crippen molar-refractivity contribution in [1.29, 1.82) is 0 Å². The highest BCUT2D eigenvalue weighted by atomic mass is 16.5. The van der Waals surface area contributed by atoms with Gasteiger partial charge in [-0.1, -0.05) is 12.1 Å². The Hall–Kier alpha value is -1.75. The number of benzene rings is 1. The number of hydrogen-bond acceptors (Lipinski definition) is 4. The highest BCUT2D eigenvalue weighted by Gasteiger charge is 2.27. The molecule has 5 heteroatoms. The van der Waals surface area contributed by atoms with Crippen molar-refractivity contribution in [3.8, 4) is 5.75 Å². The van der Waals surface area contributed by atoms with Gasteiger partial charge in [0.1, 0.15) is 5.75 Å². The van der Waals surface area contributed by atoms with E-state index in [4.69, 9.17) is 10.5 Å². The molecule has 0 aliphatic carbocycles. The minimum atomic E-state index is 0.0209. The fourth-order valence-electron chi connectivity index (χ4n) is 2.23. The van der Waals surface area contributed by atoms with E-state index in [1.807, 2.05) is 31.1 Å². The van der Waals surface area contributed by atoms with Crippen LogP contribution in [0, 0.1) is 0 Å². The summed E-state index contributed by atoms with van der Waals surface area (Å²) in [4.78, 5) is 16.0. The molecule has 2 N–H and O–H groups in total. The molecule has 1 saturated heterocycles. The van der Waals surface area contributed by atoms with E-state index in [9.17, 15) is 4.79 Å². The molecule has 2 rings (SSSR count). The van der Waals surface area contributed by atoms with Crippen LogP contribution in [0.15, 0.2) is 24.3 Å². The largest absolute Gasteiger partial charge is 0.482 e. The van der Waals surface area contributed by atoms with Gasteiger partial charge in [-0.15, -0.1) is 0 Å². The summed E-state index contributed by atoms with van der Waals surface area (Å²) in [7, 11) is 4.08. The van der Waals surface area contributed by atoms with Gasteiger partial charge in [0.15, 0.2) is 6.61 Å². The van der Waals surface area contributed by atoms with Crippen LogP contribution < -0.4 is 10.5 Å². The summed E-state index contributed by atoms with van der Waals surface area (Å²) in [6.45, 7) is 1.63. The molecule has 1 aromatic carbocycles. The fourth-order valence-corrected chi connectivity index (χ4v) is 2.23. The number of carbonyl (C=O) groups is 1. The Morgan fingerprint density at radius 2 is 2.21 bits per heavy atom. The summed E-state index contributed by atoms with van der Waals surface area (Å²) >= 11 is 0. The van der Waals surface area contributed by atoms with Gasteiger partial charge in [0, 0.05) is 19.1 Å². The Kier molecular flexibility index (Phi) is 4.27. The van der Waals surface area contributed by atoms with E-state index in [-0.39, 0.29) is 12.5 Å². The molecule has 1 heterocycles. The van der Waals surface area contributed by atoms with Gasteiger partial charge < -0.3 is 20.3 Å². The van der Waals surface area contributed by atoms with E-state index in [0.717, 1.165) is 19.5 Å². The molecule has 0 radical (unpaired) electrons. The van der Waals surface area contributed by atoms with E-state index in [0.29, 0.717) is 17.5 Å². The highest BCUT2D eigenvalue weighted by molar-refractivity contribution is 5.78. The Balaban J connectivity index is 1.84. The maximum absolute atomic E-state index is 12.0. The maximum Gasteiger partial charge on any atom is 0.260 e. The molecule has 5 nitrogen and oxygen atoms in total. The average molecular weight is 263 g/mol. The third kappa shape index (κ3) is 3.38. The molecule has 1 amide bonds. The SMILES string of the molecule is CN(C)C1CCN(C(=O)COc2ccccc2N)C1. The Labute approximate surface area is 113 Å². The van der Waals surface area contributed by atoms with Gasteiger partial charge >= 0.3 is 0 Å². The van der Waals surface area contributed by atoms with Crippen LogP contribution in [-0.2, 0) is 4.79 Å². The summed E-state index contributed by atoms with van der Waals surface area (Å²) in [5.74, 6) is 0.590. The van der Waals surface area contributed by atoms with Gasteiger partial charge in [0.05, 0.1) is 5.69 Å². The maximum atomic E-state index is 12.0. The number of likely N-dealkylation sites (N-methyl/N-ethyl adjacent to an activating group) is 1. The van der Waals surface area contributed by atoms with E-state index in [1.54, 1.807) is 12.1 Å². The van der Waals surface area contributed by atoms with E-state index in [1.165, 1.54) is 0 Å². The van der Waals surface area contributed by atoms with E-state index >= 15 is 0 Å². The Morgan fingerprint density at radius 3 is 2.84 bits per heavy atom. The molecular formula is C14H21N3O2. The molecule has 1 aromatic rings. The average Bonchev–Trinajstić information content (AvgIpc) is 2.87. The summed E-state index contributed by atoms with van der Waals surface area (Å²) in [5.41, 5.74) is 6.32. The zero-order chi connectivity index (χ0) is 13.8. The standard InChI is InChI=1S/C14H21N3O2/c1-16(2)11-7-8-17(9-11)14(18)10-19-13-6-4-3-5-12(13)15/h3-6,11H,7-10,15H2,1-2H3. The van der Waals surface area contributed by atoms with Gasteiger partial charge in [-0.2, -0.15) is 0 Å². The molecule has 1 aliphatic heterocycles. The topological polar surface area (TPSA) is 58.8 Å². The predicted octanol–water partition coefficient (Wildman–Crippen LogP) is 0.810. The Morgan fingerprint density at radius 1 is 1.47 bits per heavy atom. The lowest BCUT2D eigenvalue weighted by Crippen LogP contribution is -2.36. The summed E-state index contributed by atoms with van der Waals surface area (Å²) in [6.07, 6.45) is 1.02. The zero-order valence-electron chi connectivity index (χ0n) is 11.5. The van der Waals surface area contributed by atoms with Gasteiger partial charge in [-0.25, -0.2) is 0 Å². The predicted molar refractivity (Wildman–Crippen MR) is 75.0 cm³/mol. The third-order valence-corrected chi connectivity index (χ3v) is 3.52. The second-order valence-electron chi connectivity index (χ2n) is 5.07. The molecule has 0 spiro atoms. The van der Waals surface area contributed by atoms with Crippen LogP contribution in [0.1, 0.15) is 6.42 Å². The van der Waals surface area contributed by atoms with Crippen LogP contribution in [-0.4, -0.2) is 55.5 Å². The van der Waals surface area contributed by atoms with Crippen LogP contribution in [0.5, 0.6) is 5.75 Å². The number of ether oxygens (including phenoxy) is 1. The molecule has 1 aliphatic rings. The second-order valence-corrected chi connectivity index (χ2v) is 5.07. The Bertz CT molecular complexity index is 448. The number of likely N-dealkylation sites (tertiary alicyclic amines) is 1. The van der Waals surface area contributed by atoms with Crippen molar-refractivity contribution in [2.45, 2.75) is 12.5 Å². The van der Waals surface area contributed by atoms with Gasteiger partial charge in [-0.05, 0) is 32.6 Å².